The number of rotatable bonds is 13. The Labute approximate surface area is 220 Å². The van der Waals surface area contributed by atoms with Crippen LogP contribution in [0.1, 0.15) is 63.5 Å². The van der Waals surface area contributed by atoms with Gasteiger partial charge >= 0.3 is 5.97 Å². The van der Waals surface area contributed by atoms with Crippen molar-refractivity contribution in [3.8, 4) is 0 Å². The molecule has 1 aliphatic heterocycles. The highest BCUT2D eigenvalue weighted by Gasteiger charge is 2.53. The number of piperazine rings is 1. The molecule has 1 unspecified atom stereocenters. The Hall–Kier alpha value is -3.19. The fraction of sp³-hybridized carbons (Fsp3) is 0.500. The van der Waals surface area contributed by atoms with Crippen molar-refractivity contribution < 1.29 is 19.5 Å². The van der Waals surface area contributed by atoms with Gasteiger partial charge in [-0.15, -0.1) is 0 Å². The smallest absolute Gasteiger partial charge is 0.322 e. The number of hydrogen-bond donors (Lipinski definition) is 2. The van der Waals surface area contributed by atoms with Crippen LogP contribution in [-0.2, 0) is 19.8 Å². The number of nitrogens with zero attached hydrogens (tertiary/aromatic N) is 2. The van der Waals surface area contributed by atoms with Gasteiger partial charge < -0.3 is 20.2 Å². The third-order valence-electron chi connectivity index (χ3n) is 7.17. The van der Waals surface area contributed by atoms with Crippen LogP contribution in [-0.4, -0.2) is 71.5 Å². The molecule has 37 heavy (non-hydrogen) atoms. The second-order valence-electron chi connectivity index (χ2n) is 9.78. The molecule has 2 amide bonds. The molecule has 0 spiro atoms. The summed E-state index contributed by atoms with van der Waals surface area (Å²) >= 11 is 0. The highest BCUT2D eigenvalue weighted by molar-refractivity contribution is 6.14. The van der Waals surface area contributed by atoms with E-state index in [1.807, 2.05) is 65.6 Å². The summed E-state index contributed by atoms with van der Waals surface area (Å²) in [4.78, 5) is 44.7. The van der Waals surface area contributed by atoms with Gasteiger partial charge in [0.25, 0.3) is 0 Å². The Bertz CT molecular complexity index is 963. The van der Waals surface area contributed by atoms with Crippen LogP contribution in [0.4, 0.5) is 0 Å². The molecule has 1 heterocycles. The van der Waals surface area contributed by atoms with Crippen molar-refractivity contribution >= 4 is 17.8 Å². The topological polar surface area (TPSA) is 90.0 Å². The van der Waals surface area contributed by atoms with Gasteiger partial charge in [0, 0.05) is 32.7 Å². The molecule has 2 N–H and O–H groups in total. The molecular weight excluding hydrogens is 466 g/mol. The molecule has 3 rings (SSSR count). The maximum atomic E-state index is 14.8. The summed E-state index contributed by atoms with van der Waals surface area (Å²) in [7, 11) is 0. The van der Waals surface area contributed by atoms with Gasteiger partial charge in [0.1, 0.15) is 6.04 Å². The minimum atomic E-state index is -1.60. The molecule has 200 valence electrons. The maximum Gasteiger partial charge on any atom is 0.322 e. The molecule has 0 saturated carbocycles. The van der Waals surface area contributed by atoms with Crippen molar-refractivity contribution in [1.29, 1.82) is 0 Å². The Kier molecular flexibility index (Phi) is 10.7. The highest BCUT2D eigenvalue weighted by atomic mass is 16.4. The minimum absolute atomic E-state index is 0.00847. The van der Waals surface area contributed by atoms with E-state index in [2.05, 4.69) is 19.2 Å². The second kappa shape index (κ2) is 13.9. The number of carboxylic acids is 1. The number of hydrogen-bond acceptors (Lipinski definition) is 4. The lowest BCUT2D eigenvalue weighted by molar-refractivity contribution is -0.150. The lowest BCUT2D eigenvalue weighted by atomic mass is 9.71. The van der Waals surface area contributed by atoms with Crippen LogP contribution >= 0.6 is 0 Å². The SMILES string of the molecule is CCCCCN(CCCCC)C(=O)C(C(=O)N1CCNC(C(=O)O)C1)(c1ccccc1)c1ccccc1. The van der Waals surface area contributed by atoms with Gasteiger partial charge in [-0.25, -0.2) is 0 Å². The largest absolute Gasteiger partial charge is 0.480 e. The molecule has 1 atom stereocenters. The first kappa shape index (κ1) is 28.4. The molecule has 0 bridgehead atoms. The zero-order valence-electron chi connectivity index (χ0n) is 22.2. The normalized spacial score (nSPS) is 15.8. The summed E-state index contributed by atoms with van der Waals surface area (Å²) < 4.78 is 0. The van der Waals surface area contributed by atoms with E-state index in [9.17, 15) is 19.5 Å². The molecule has 7 nitrogen and oxygen atoms in total. The van der Waals surface area contributed by atoms with Crippen LogP contribution in [0.5, 0.6) is 0 Å². The number of benzene rings is 2. The molecule has 2 aromatic rings. The first-order valence-corrected chi connectivity index (χ1v) is 13.6. The Morgan fingerprint density at radius 1 is 0.892 bits per heavy atom. The van der Waals surface area contributed by atoms with Gasteiger partial charge in [-0.1, -0.05) is 100 Å². The van der Waals surface area contributed by atoms with Crippen molar-refractivity contribution in [2.45, 2.75) is 63.8 Å². The van der Waals surface area contributed by atoms with E-state index >= 15 is 0 Å². The number of unbranched alkanes of at least 4 members (excludes halogenated alkanes) is 4. The van der Waals surface area contributed by atoms with E-state index in [0.29, 0.717) is 37.3 Å². The maximum absolute atomic E-state index is 14.8. The predicted octanol–water partition coefficient (Wildman–Crippen LogP) is 4.07. The molecule has 7 heteroatoms. The zero-order chi connectivity index (χ0) is 26.7. The molecule has 0 aromatic heterocycles. The lowest BCUT2D eigenvalue weighted by Crippen LogP contribution is -2.63. The monoisotopic (exact) mass is 507 g/mol. The Morgan fingerprint density at radius 2 is 1.41 bits per heavy atom. The van der Waals surface area contributed by atoms with Gasteiger partial charge in [0.2, 0.25) is 11.8 Å². The molecule has 1 fully saturated rings. The van der Waals surface area contributed by atoms with Crippen molar-refractivity contribution in [3.63, 3.8) is 0 Å². The summed E-state index contributed by atoms with van der Waals surface area (Å²) in [5.74, 6) is -1.60. The zero-order valence-corrected chi connectivity index (χ0v) is 22.2. The van der Waals surface area contributed by atoms with E-state index in [1.165, 1.54) is 0 Å². The van der Waals surface area contributed by atoms with Crippen molar-refractivity contribution in [2.24, 2.45) is 0 Å². The van der Waals surface area contributed by atoms with E-state index in [4.69, 9.17) is 0 Å². The average Bonchev–Trinajstić information content (AvgIpc) is 2.94. The molecule has 1 saturated heterocycles. The molecule has 0 aliphatic carbocycles. The number of carboxylic acid groups (broad SMARTS) is 1. The first-order valence-electron chi connectivity index (χ1n) is 13.6. The highest BCUT2D eigenvalue weighted by Crippen LogP contribution is 2.37. The number of nitrogens with one attached hydrogen (secondary N) is 1. The molecular formula is C30H41N3O4. The lowest BCUT2D eigenvalue weighted by Gasteiger charge is -2.42. The van der Waals surface area contributed by atoms with Crippen LogP contribution in [0.2, 0.25) is 0 Å². The number of carbonyl (C=O) groups excluding carboxylic acids is 2. The van der Waals surface area contributed by atoms with E-state index in [0.717, 1.165) is 38.5 Å². The van der Waals surface area contributed by atoms with Gasteiger partial charge in [-0.2, -0.15) is 0 Å². The standard InChI is InChI=1S/C30H41N3O4/c1-3-5-13-20-32(21-14-6-4-2)28(36)30(24-15-9-7-10-16-24,25-17-11-8-12-18-25)29(37)33-22-19-31-26(23-33)27(34)35/h7-12,15-18,26,31H,3-6,13-14,19-23H2,1-2H3,(H,34,35). The quantitative estimate of drug-likeness (QED) is 0.315. The van der Waals surface area contributed by atoms with Crippen molar-refractivity contribution in [2.75, 3.05) is 32.7 Å². The van der Waals surface area contributed by atoms with Gasteiger partial charge in [0.15, 0.2) is 5.41 Å². The van der Waals surface area contributed by atoms with E-state index in [-0.39, 0.29) is 18.4 Å². The van der Waals surface area contributed by atoms with Gasteiger partial charge in [-0.05, 0) is 24.0 Å². The Morgan fingerprint density at radius 3 is 1.86 bits per heavy atom. The summed E-state index contributed by atoms with van der Waals surface area (Å²) in [6, 6.07) is 17.7. The Balaban J connectivity index is 2.16. The van der Waals surface area contributed by atoms with Crippen LogP contribution in [0.15, 0.2) is 60.7 Å². The van der Waals surface area contributed by atoms with Gasteiger partial charge in [0.05, 0.1) is 0 Å². The fourth-order valence-corrected chi connectivity index (χ4v) is 5.12. The third-order valence-corrected chi connectivity index (χ3v) is 7.17. The van der Waals surface area contributed by atoms with Gasteiger partial charge in [-0.3, -0.25) is 14.4 Å². The second-order valence-corrected chi connectivity index (χ2v) is 9.78. The first-order chi connectivity index (χ1) is 18.0. The van der Waals surface area contributed by atoms with E-state index < -0.39 is 17.4 Å². The van der Waals surface area contributed by atoms with Crippen LogP contribution in [0, 0.1) is 0 Å². The van der Waals surface area contributed by atoms with Crippen molar-refractivity contribution in [3.05, 3.63) is 71.8 Å². The number of amides is 2. The average molecular weight is 508 g/mol. The minimum Gasteiger partial charge on any atom is -0.480 e. The number of aliphatic carboxylic acids is 1. The van der Waals surface area contributed by atoms with Crippen LogP contribution < -0.4 is 5.32 Å². The predicted molar refractivity (Wildman–Crippen MR) is 145 cm³/mol. The van der Waals surface area contributed by atoms with Crippen LogP contribution in [0.25, 0.3) is 0 Å². The summed E-state index contributed by atoms with van der Waals surface area (Å²) in [5, 5.41) is 12.6. The molecule has 0 radical (unpaired) electrons. The third kappa shape index (κ3) is 6.58. The summed E-state index contributed by atoms with van der Waals surface area (Å²) in [6.07, 6.45) is 5.83. The molecule has 2 aromatic carbocycles. The van der Waals surface area contributed by atoms with Crippen LogP contribution in [0.3, 0.4) is 0 Å². The number of carbonyl (C=O) groups is 3. The fourth-order valence-electron chi connectivity index (χ4n) is 5.12. The summed E-state index contributed by atoms with van der Waals surface area (Å²) in [5.41, 5.74) is -0.378. The van der Waals surface area contributed by atoms with Crippen molar-refractivity contribution in [1.82, 2.24) is 15.1 Å². The molecule has 1 aliphatic rings. The summed E-state index contributed by atoms with van der Waals surface area (Å²) in [6.45, 7) is 6.14. The van der Waals surface area contributed by atoms with E-state index in [1.54, 1.807) is 4.90 Å².